The number of hydrogen-bond donors (Lipinski definition) is 1. The van der Waals surface area contributed by atoms with Crippen LogP contribution in [0.4, 0.5) is 0 Å². The van der Waals surface area contributed by atoms with E-state index in [1.165, 1.54) is 16.7 Å². The van der Waals surface area contributed by atoms with Gasteiger partial charge in [-0.3, -0.25) is 4.79 Å². The molecule has 6 nitrogen and oxygen atoms in total. The minimum atomic E-state index is -2.93. The standard InChI is InChI=1S/C11H17NO5S2/c13-10(12-4-1-2-9(12)11(14)15)6-18-8-3-5-19(16,17)7-8/h8-9H,1-7H2,(H,14,15)/t8?,9-/m0/s1. The zero-order valence-corrected chi connectivity index (χ0v) is 12.1. The Kier molecular flexibility index (Phi) is 4.39. The number of sulfone groups is 1. The number of hydrogen-bond acceptors (Lipinski definition) is 5. The van der Waals surface area contributed by atoms with Gasteiger partial charge in [-0.15, -0.1) is 11.8 Å². The summed E-state index contributed by atoms with van der Waals surface area (Å²) in [5, 5.41) is 8.97. The Morgan fingerprint density at radius 1 is 1.32 bits per heavy atom. The molecule has 2 atom stereocenters. The van der Waals surface area contributed by atoms with Gasteiger partial charge in [-0.05, 0) is 19.3 Å². The Bertz CT molecular complexity index is 475. The number of likely N-dealkylation sites (tertiary alicyclic amines) is 1. The summed E-state index contributed by atoms with van der Waals surface area (Å²) >= 11 is 1.33. The molecule has 1 N–H and O–H groups in total. The van der Waals surface area contributed by atoms with Gasteiger partial charge in [0.2, 0.25) is 5.91 Å². The first-order valence-corrected chi connectivity index (χ1v) is 9.10. The molecule has 2 heterocycles. The van der Waals surface area contributed by atoms with Gasteiger partial charge in [-0.2, -0.15) is 0 Å². The average molecular weight is 307 g/mol. The van der Waals surface area contributed by atoms with Crippen LogP contribution in [0.1, 0.15) is 19.3 Å². The van der Waals surface area contributed by atoms with E-state index in [4.69, 9.17) is 5.11 Å². The quantitative estimate of drug-likeness (QED) is 0.785. The minimum absolute atomic E-state index is 0.0279. The van der Waals surface area contributed by atoms with Crippen LogP contribution in [-0.4, -0.2) is 65.4 Å². The number of carboxylic acids is 1. The van der Waals surface area contributed by atoms with Gasteiger partial charge >= 0.3 is 5.97 Å². The van der Waals surface area contributed by atoms with E-state index < -0.39 is 21.8 Å². The van der Waals surface area contributed by atoms with Gasteiger partial charge in [-0.1, -0.05) is 0 Å². The zero-order chi connectivity index (χ0) is 14.0. The summed E-state index contributed by atoms with van der Waals surface area (Å²) in [5.74, 6) is -0.657. The Hall–Kier alpha value is -0.760. The predicted octanol–water partition coefficient (Wildman–Crippen LogP) is -0.0177. The molecule has 0 spiro atoms. The molecule has 2 aliphatic rings. The second-order valence-electron chi connectivity index (χ2n) is 4.92. The average Bonchev–Trinajstić information content (AvgIpc) is 2.92. The Morgan fingerprint density at radius 3 is 2.63 bits per heavy atom. The molecule has 19 heavy (non-hydrogen) atoms. The lowest BCUT2D eigenvalue weighted by Gasteiger charge is -2.21. The van der Waals surface area contributed by atoms with E-state index in [1.807, 2.05) is 0 Å². The van der Waals surface area contributed by atoms with E-state index in [0.29, 0.717) is 25.8 Å². The molecule has 0 aliphatic carbocycles. The van der Waals surface area contributed by atoms with Crippen LogP contribution in [-0.2, 0) is 19.4 Å². The van der Waals surface area contributed by atoms with Crippen molar-refractivity contribution >= 4 is 33.5 Å². The van der Waals surface area contributed by atoms with Crippen LogP contribution in [0.15, 0.2) is 0 Å². The molecule has 1 unspecified atom stereocenters. The van der Waals surface area contributed by atoms with Gasteiger partial charge in [0.05, 0.1) is 17.3 Å². The molecule has 0 aromatic rings. The van der Waals surface area contributed by atoms with Crippen molar-refractivity contribution in [2.75, 3.05) is 23.8 Å². The van der Waals surface area contributed by atoms with Crippen LogP contribution in [0.5, 0.6) is 0 Å². The first-order chi connectivity index (χ1) is 8.89. The molecule has 0 aromatic carbocycles. The lowest BCUT2D eigenvalue weighted by Crippen LogP contribution is -2.41. The molecule has 0 aromatic heterocycles. The van der Waals surface area contributed by atoms with Crippen molar-refractivity contribution in [2.24, 2.45) is 0 Å². The van der Waals surface area contributed by atoms with Crippen molar-refractivity contribution in [1.29, 1.82) is 0 Å². The molecule has 0 saturated carbocycles. The summed E-state index contributed by atoms with van der Waals surface area (Å²) in [6, 6.07) is -0.708. The highest BCUT2D eigenvalue weighted by Gasteiger charge is 2.35. The number of thioether (sulfide) groups is 1. The van der Waals surface area contributed by atoms with Crippen LogP contribution in [0, 0.1) is 0 Å². The molecule has 8 heteroatoms. The zero-order valence-electron chi connectivity index (χ0n) is 10.4. The molecule has 2 saturated heterocycles. The third-order valence-electron chi connectivity index (χ3n) is 3.49. The second kappa shape index (κ2) is 5.70. The van der Waals surface area contributed by atoms with Crippen LogP contribution >= 0.6 is 11.8 Å². The van der Waals surface area contributed by atoms with Gasteiger partial charge in [0.15, 0.2) is 9.84 Å². The Labute approximate surface area is 116 Å². The molecule has 2 aliphatic heterocycles. The maximum atomic E-state index is 12.0. The van der Waals surface area contributed by atoms with Crippen LogP contribution < -0.4 is 0 Å². The second-order valence-corrected chi connectivity index (χ2v) is 8.44. The molecular weight excluding hydrogens is 290 g/mol. The van der Waals surface area contributed by atoms with E-state index in [0.717, 1.165) is 0 Å². The monoisotopic (exact) mass is 307 g/mol. The van der Waals surface area contributed by atoms with E-state index >= 15 is 0 Å². The first-order valence-electron chi connectivity index (χ1n) is 6.23. The van der Waals surface area contributed by atoms with E-state index in [9.17, 15) is 18.0 Å². The maximum absolute atomic E-state index is 12.0. The highest BCUT2D eigenvalue weighted by Crippen LogP contribution is 2.26. The fraction of sp³-hybridized carbons (Fsp3) is 0.818. The lowest BCUT2D eigenvalue weighted by atomic mass is 10.2. The van der Waals surface area contributed by atoms with Crippen LogP contribution in [0.3, 0.4) is 0 Å². The molecule has 0 radical (unpaired) electrons. The van der Waals surface area contributed by atoms with Gasteiger partial charge < -0.3 is 10.0 Å². The van der Waals surface area contributed by atoms with E-state index in [-0.39, 0.29) is 28.4 Å². The molecule has 0 bridgehead atoms. The lowest BCUT2D eigenvalue weighted by molar-refractivity contribution is -0.147. The fourth-order valence-electron chi connectivity index (χ4n) is 2.49. The largest absolute Gasteiger partial charge is 0.480 e. The number of amides is 1. The van der Waals surface area contributed by atoms with Crippen molar-refractivity contribution in [3.05, 3.63) is 0 Å². The van der Waals surface area contributed by atoms with E-state index in [2.05, 4.69) is 0 Å². The number of aliphatic carboxylic acids is 1. The number of carboxylic acid groups (broad SMARTS) is 1. The topological polar surface area (TPSA) is 91.8 Å². The van der Waals surface area contributed by atoms with Crippen molar-refractivity contribution in [3.8, 4) is 0 Å². The van der Waals surface area contributed by atoms with Crippen LogP contribution in [0.2, 0.25) is 0 Å². The van der Waals surface area contributed by atoms with Gasteiger partial charge in [-0.25, -0.2) is 13.2 Å². The predicted molar refractivity (Wildman–Crippen MR) is 71.9 cm³/mol. The van der Waals surface area contributed by atoms with Crippen LogP contribution in [0.25, 0.3) is 0 Å². The van der Waals surface area contributed by atoms with Crippen molar-refractivity contribution in [2.45, 2.75) is 30.6 Å². The fourth-order valence-corrected chi connectivity index (χ4v) is 6.01. The summed E-state index contributed by atoms with van der Waals surface area (Å²) in [6.45, 7) is 0.485. The highest BCUT2D eigenvalue weighted by molar-refractivity contribution is 8.02. The summed E-state index contributed by atoms with van der Waals surface area (Å²) in [5.41, 5.74) is 0. The molecule has 2 rings (SSSR count). The Morgan fingerprint density at radius 2 is 2.05 bits per heavy atom. The smallest absolute Gasteiger partial charge is 0.326 e. The number of carbonyl (C=O) groups is 2. The number of carbonyl (C=O) groups excluding carboxylic acids is 1. The summed E-state index contributed by atoms with van der Waals surface area (Å²) in [6.07, 6.45) is 1.80. The first kappa shape index (κ1) is 14.6. The third-order valence-corrected chi connectivity index (χ3v) is 6.76. The Balaban J connectivity index is 1.83. The minimum Gasteiger partial charge on any atom is -0.480 e. The SMILES string of the molecule is O=C(O)[C@@H]1CCCN1C(=O)CSC1CCS(=O)(=O)C1. The summed E-state index contributed by atoms with van der Waals surface area (Å²) in [4.78, 5) is 24.4. The van der Waals surface area contributed by atoms with Gasteiger partial charge in [0.25, 0.3) is 0 Å². The highest BCUT2D eigenvalue weighted by atomic mass is 32.2. The van der Waals surface area contributed by atoms with Crippen molar-refractivity contribution in [1.82, 2.24) is 4.90 Å². The maximum Gasteiger partial charge on any atom is 0.326 e. The number of nitrogens with zero attached hydrogens (tertiary/aromatic N) is 1. The summed E-state index contributed by atoms with van der Waals surface area (Å²) < 4.78 is 22.6. The number of rotatable bonds is 4. The van der Waals surface area contributed by atoms with E-state index in [1.54, 1.807) is 0 Å². The molecule has 2 fully saturated rings. The molecule has 1 amide bonds. The molecule has 108 valence electrons. The normalized spacial score (nSPS) is 29.6. The van der Waals surface area contributed by atoms with Gasteiger partial charge in [0.1, 0.15) is 6.04 Å². The van der Waals surface area contributed by atoms with Crippen molar-refractivity contribution in [3.63, 3.8) is 0 Å². The van der Waals surface area contributed by atoms with Gasteiger partial charge in [0, 0.05) is 11.8 Å². The van der Waals surface area contributed by atoms with Crippen molar-refractivity contribution < 1.29 is 23.1 Å². The molecular formula is C11H17NO5S2. The third kappa shape index (κ3) is 3.62. The summed E-state index contributed by atoms with van der Waals surface area (Å²) in [7, 11) is -2.93.